The molecule has 0 saturated carbocycles. The maximum Gasteiger partial charge on any atom is 0.408 e. The van der Waals surface area contributed by atoms with E-state index in [0.29, 0.717) is 12.2 Å². The minimum Gasteiger partial charge on any atom is -0.483 e. The number of rotatable bonds is 1. The Labute approximate surface area is 186 Å². The van der Waals surface area contributed by atoms with Crippen molar-refractivity contribution in [1.29, 1.82) is 0 Å². The van der Waals surface area contributed by atoms with E-state index in [2.05, 4.69) is 5.32 Å². The third-order valence-electron chi connectivity index (χ3n) is 6.77. The molecule has 3 aromatic rings. The fourth-order valence-corrected chi connectivity index (χ4v) is 5.66. The minimum atomic E-state index is -1.38. The van der Waals surface area contributed by atoms with Gasteiger partial charge in [0.05, 0.1) is 0 Å². The molecule has 5 nitrogen and oxygen atoms in total. The zero-order chi connectivity index (χ0) is 22.3. The smallest absolute Gasteiger partial charge is 0.408 e. The van der Waals surface area contributed by atoms with Crippen LogP contribution in [0.5, 0.6) is 5.75 Å². The zero-order valence-electron chi connectivity index (χ0n) is 18.3. The molecule has 3 atom stereocenters. The summed E-state index contributed by atoms with van der Waals surface area (Å²) in [5, 5.41) is 17.4. The van der Waals surface area contributed by atoms with E-state index in [1.165, 1.54) is 0 Å². The van der Waals surface area contributed by atoms with Gasteiger partial charge in [-0.2, -0.15) is 0 Å². The molecule has 0 radical (unpaired) electrons. The SMILES string of the molecule is CC(C)(C)OC(=O)N[C@]12CC=Cc3cccc(c31)[C@]1(O)c3ccc4ccccc4c3OC12. The van der Waals surface area contributed by atoms with Gasteiger partial charge in [-0.05, 0) is 49.3 Å². The molecule has 1 amide bonds. The first-order chi connectivity index (χ1) is 15.2. The quantitative estimate of drug-likeness (QED) is 0.574. The molecule has 5 heteroatoms. The van der Waals surface area contributed by atoms with Gasteiger partial charge in [0.1, 0.15) is 16.9 Å². The van der Waals surface area contributed by atoms with E-state index >= 15 is 0 Å². The van der Waals surface area contributed by atoms with Gasteiger partial charge in [0, 0.05) is 10.9 Å². The van der Waals surface area contributed by atoms with Crippen molar-refractivity contribution >= 4 is 22.9 Å². The van der Waals surface area contributed by atoms with Gasteiger partial charge in [0.2, 0.25) is 0 Å². The summed E-state index contributed by atoms with van der Waals surface area (Å²) in [6.45, 7) is 5.51. The summed E-state index contributed by atoms with van der Waals surface area (Å²) < 4.78 is 12.2. The van der Waals surface area contributed by atoms with Crippen LogP contribution in [0.15, 0.2) is 60.7 Å². The van der Waals surface area contributed by atoms with E-state index in [9.17, 15) is 9.90 Å². The molecule has 1 heterocycles. The van der Waals surface area contributed by atoms with Crippen LogP contribution in [-0.2, 0) is 15.9 Å². The lowest BCUT2D eigenvalue weighted by molar-refractivity contribution is -0.0401. The molecule has 2 N–H and O–H groups in total. The average Bonchev–Trinajstić information content (AvgIpc) is 3.16. The van der Waals surface area contributed by atoms with Crippen molar-refractivity contribution in [3.8, 4) is 5.75 Å². The second-order valence-corrected chi connectivity index (χ2v) is 9.90. The molecule has 3 aromatic carbocycles. The van der Waals surface area contributed by atoms with Crippen molar-refractivity contribution in [3.05, 3.63) is 82.9 Å². The van der Waals surface area contributed by atoms with Gasteiger partial charge in [-0.25, -0.2) is 4.79 Å². The lowest BCUT2D eigenvalue weighted by Gasteiger charge is -2.39. The van der Waals surface area contributed by atoms with Gasteiger partial charge in [-0.3, -0.25) is 0 Å². The average molecular weight is 428 g/mol. The van der Waals surface area contributed by atoms with Crippen LogP contribution in [0.4, 0.5) is 4.79 Å². The number of carbonyl (C=O) groups is 1. The second kappa shape index (κ2) is 6.14. The minimum absolute atomic E-state index is 0.495. The Morgan fingerprint density at radius 2 is 1.91 bits per heavy atom. The second-order valence-electron chi connectivity index (χ2n) is 9.90. The first kappa shape index (κ1) is 19.4. The number of fused-ring (bicyclic) bond motifs is 7. The fourth-order valence-electron chi connectivity index (χ4n) is 5.66. The Hall–Kier alpha value is -3.31. The Morgan fingerprint density at radius 3 is 2.72 bits per heavy atom. The third-order valence-corrected chi connectivity index (χ3v) is 6.77. The Kier molecular flexibility index (Phi) is 3.72. The number of amides is 1. The van der Waals surface area contributed by atoms with Crippen LogP contribution in [0, 0.1) is 0 Å². The molecule has 1 unspecified atom stereocenters. The number of carbonyl (C=O) groups excluding carboxylic acids is 1. The standard InChI is InChI=1S/C27H25NO4/c1-25(2,3)32-24(29)28-26-15-7-10-17-9-6-12-19(21(17)26)27(30)20-14-13-16-8-4-5-11-18(16)22(20)31-23(26)27/h4-14,23,30H,15H2,1-3H3,(H,28,29)/t23?,26-,27+/m1/s1. The van der Waals surface area contributed by atoms with E-state index < -0.39 is 28.9 Å². The van der Waals surface area contributed by atoms with E-state index in [1.807, 2.05) is 87.5 Å². The monoisotopic (exact) mass is 427 g/mol. The molecular weight excluding hydrogens is 402 g/mol. The predicted molar refractivity (Wildman–Crippen MR) is 123 cm³/mol. The Balaban J connectivity index is 1.58. The summed E-state index contributed by atoms with van der Waals surface area (Å²) in [5.74, 6) is 0.673. The number of hydrogen-bond acceptors (Lipinski definition) is 4. The lowest BCUT2D eigenvalue weighted by atomic mass is 9.79. The number of alkyl carbamates (subject to hydrolysis) is 1. The predicted octanol–water partition coefficient (Wildman–Crippen LogP) is 4.99. The number of nitrogens with one attached hydrogen (secondary N) is 1. The van der Waals surface area contributed by atoms with Crippen molar-refractivity contribution < 1.29 is 19.4 Å². The van der Waals surface area contributed by atoms with Crippen molar-refractivity contribution in [2.75, 3.05) is 0 Å². The topological polar surface area (TPSA) is 67.8 Å². The molecule has 2 aliphatic carbocycles. The van der Waals surface area contributed by atoms with Gasteiger partial charge in [0.25, 0.3) is 0 Å². The molecule has 6 rings (SSSR count). The summed E-state index contributed by atoms with van der Waals surface area (Å²) in [5.41, 5.74) is 0.406. The molecule has 0 spiro atoms. The van der Waals surface area contributed by atoms with E-state index in [1.54, 1.807) is 0 Å². The summed E-state index contributed by atoms with van der Waals surface area (Å²) >= 11 is 0. The molecule has 1 aliphatic heterocycles. The summed E-state index contributed by atoms with van der Waals surface area (Å²) in [7, 11) is 0. The van der Waals surface area contributed by atoms with Crippen LogP contribution in [0.1, 0.15) is 49.4 Å². The maximum absolute atomic E-state index is 13.0. The summed E-state index contributed by atoms with van der Waals surface area (Å²) in [6.07, 6.45) is 3.32. The number of hydrogen-bond donors (Lipinski definition) is 2. The van der Waals surface area contributed by atoms with Crippen LogP contribution in [0.2, 0.25) is 0 Å². The van der Waals surface area contributed by atoms with Crippen LogP contribution in [0.3, 0.4) is 0 Å². The van der Waals surface area contributed by atoms with Gasteiger partial charge < -0.3 is 19.9 Å². The first-order valence-corrected chi connectivity index (χ1v) is 11.0. The van der Waals surface area contributed by atoms with Crippen LogP contribution >= 0.6 is 0 Å². The highest BCUT2D eigenvalue weighted by Gasteiger charge is 2.67. The molecule has 0 fully saturated rings. The number of aliphatic hydroxyl groups is 1. The normalized spacial score (nSPS) is 26.8. The highest BCUT2D eigenvalue weighted by Crippen LogP contribution is 2.61. The molecule has 32 heavy (non-hydrogen) atoms. The van der Waals surface area contributed by atoms with E-state index in [0.717, 1.165) is 33.0 Å². The van der Waals surface area contributed by atoms with Crippen molar-refractivity contribution in [2.24, 2.45) is 0 Å². The maximum atomic E-state index is 13.0. The highest BCUT2D eigenvalue weighted by atomic mass is 16.6. The van der Waals surface area contributed by atoms with Gasteiger partial charge in [0.15, 0.2) is 11.7 Å². The third kappa shape index (κ3) is 2.40. The molecule has 3 aliphatic rings. The van der Waals surface area contributed by atoms with Crippen molar-refractivity contribution in [3.63, 3.8) is 0 Å². The number of ether oxygens (including phenoxy) is 2. The Morgan fingerprint density at radius 1 is 1.09 bits per heavy atom. The number of benzene rings is 3. The zero-order valence-corrected chi connectivity index (χ0v) is 18.3. The molecule has 0 bridgehead atoms. The van der Waals surface area contributed by atoms with Crippen LogP contribution in [-0.4, -0.2) is 22.9 Å². The van der Waals surface area contributed by atoms with Crippen LogP contribution in [0.25, 0.3) is 16.8 Å². The molecular formula is C27H25NO4. The van der Waals surface area contributed by atoms with Crippen molar-refractivity contribution in [2.45, 2.75) is 50.0 Å². The fraction of sp³-hybridized carbons (Fsp3) is 0.296. The summed E-state index contributed by atoms with van der Waals surface area (Å²) in [6, 6.07) is 17.8. The molecule has 162 valence electrons. The van der Waals surface area contributed by atoms with Gasteiger partial charge in [-0.1, -0.05) is 66.7 Å². The molecule has 0 saturated heterocycles. The Bertz CT molecular complexity index is 1320. The first-order valence-electron chi connectivity index (χ1n) is 11.0. The highest BCUT2D eigenvalue weighted by molar-refractivity contribution is 5.91. The van der Waals surface area contributed by atoms with Gasteiger partial charge in [-0.15, -0.1) is 0 Å². The lowest BCUT2D eigenvalue weighted by Crippen LogP contribution is -2.58. The van der Waals surface area contributed by atoms with E-state index in [-0.39, 0.29) is 0 Å². The van der Waals surface area contributed by atoms with Crippen LogP contribution < -0.4 is 10.1 Å². The molecule has 0 aromatic heterocycles. The van der Waals surface area contributed by atoms with E-state index in [4.69, 9.17) is 9.47 Å². The summed E-state index contributed by atoms with van der Waals surface area (Å²) in [4.78, 5) is 13.0. The van der Waals surface area contributed by atoms with Crippen molar-refractivity contribution in [1.82, 2.24) is 5.32 Å². The largest absolute Gasteiger partial charge is 0.483 e. The van der Waals surface area contributed by atoms with Gasteiger partial charge >= 0.3 is 6.09 Å².